The van der Waals surface area contributed by atoms with E-state index >= 15 is 0 Å². The first-order valence-corrected chi connectivity index (χ1v) is 7.82. The van der Waals surface area contributed by atoms with E-state index in [2.05, 4.69) is 29.5 Å². The molecule has 1 aromatic rings. The Morgan fingerprint density at radius 3 is 2.87 bits per heavy atom. The van der Waals surface area contributed by atoms with Crippen LogP contribution in [0.1, 0.15) is 31.4 Å². The number of rotatable bonds is 2. The van der Waals surface area contributed by atoms with Crippen LogP contribution < -0.4 is 0 Å². The molecule has 2 heterocycles. The van der Waals surface area contributed by atoms with Gasteiger partial charge in [-0.15, -0.1) is 11.3 Å². The van der Waals surface area contributed by atoms with Crippen LogP contribution in [0.15, 0.2) is 6.07 Å². The van der Waals surface area contributed by atoms with Gasteiger partial charge in [-0.1, -0.05) is 45.8 Å². The Morgan fingerprint density at radius 2 is 2.40 bits per heavy atom. The van der Waals surface area contributed by atoms with Crippen molar-refractivity contribution in [2.75, 3.05) is 4.43 Å². The van der Waals surface area contributed by atoms with E-state index in [9.17, 15) is 0 Å². The summed E-state index contributed by atoms with van der Waals surface area (Å²) in [4.78, 5) is 0. The lowest BCUT2D eigenvalue weighted by Crippen LogP contribution is -2.24. The van der Waals surface area contributed by atoms with E-state index in [-0.39, 0.29) is 11.7 Å². The van der Waals surface area contributed by atoms with E-state index in [1.807, 2.05) is 6.07 Å². The Kier molecular flexibility index (Phi) is 3.88. The van der Waals surface area contributed by atoms with Crippen LogP contribution in [0.3, 0.4) is 0 Å². The summed E-state index contributed by atoms with van der Waals surface area (Å²) in [7, 11) is 0. The van der Waals surface area contributed by atoms with Crippen LogP contribution in [0.4, 0.5) is 0 Å². The van der Waals surface area contributed by atoms with Crippen molar-refractivity contribution in [1.82, 2.24) is 0 Å². The largest absolute Gasteiger partial charge is 0.366 e. The third-order valence-electron chi connectivity index (χ3n) is 2.67. The van der Waals surface area contributed by atoms with Crippen LogP contribution in [0.2, 0.25) is 8.67 Å². The molecule has 0 bridgehead atoms. The van der Waals surface area contributed by atoms with Gasteiger partial charge in [-0.05, 0) is 25.8 Å². The fourth-order valence-corrected chi connectivity index (χ4v) is 3.91. The zero-order chi connectivity index (χ0) is 11.1. The van der Waals surface area contributed by atoms with Gasteiger partial charge in [-0.2, -0.15) is 0 Å². The molecule has 2 atom stereocenters. The van der Waals surface area contributed by atoms with Crippen molar-refractivity contribution >= 4 is 57.1 Å². The zero-order valence-electron chi connectivity index (χ0n) is 8.23. The van der Waals surface area contributed by atoms with Gasteiger partial charge < -0.3 is 4.74 Å². The van der Waals surface area contributed by atoms with Crippen LogP contribution in [0, 0.1) is 0 Å². The molecule has 1 nitrogen and oxygen atoms in total. The second-order valence-corrected chi connectivity index (χ2v) is 7.06. The summed E-state index contributed by atoms with van der Waals surface area (Å²) in [5, 5.41) is 0. The number of halogens is 3. The van der Waals surface area contributed by atoms with E-state index in [1.165, 1.54) is 11.3 Å². The minimum absolute atomic E-state index is 0.00294. The summed E-state index contributed by atoms with van der Waals surface area (Å²) in [6.45, 7) is 2.15. The van der Waals surface area contributed by atoms with E-state index in [0.717, 1.165) is 31.5 Å². The van der Waals surface area contributed by atoms with Crippen LogP contribution in [0.25, 0.3) is 0 Å². The molecule has 1 fully saturated rings. The molecule has 0 N–H and O–H groups in total. The molecule has 0 radical (unpaired) electrons. The topological polar surface area (TPSA) is 9.23 Å². The predicted octanol–water partition coefficient (Wildman–Crippen LogP) is 5.10. The third-order valence-corrected chi connectivity index (χ3v) is 5.81. The summed E-state index contributed by atoms with van der Waals surface area (Å²) in [6, 6.07) is 1.93. The maximum atomic E-state index is 6.11. The number of thiophene rings is 1. The van der Waals surface area contributed by atoms with Gasteiger partial charge in [0.05, 0.1) is 16.0 Å². The summed E-state index contributed by atoms with van der Waals surface area (Å²) in [6.07, 6.45) is 2.25. The molecule has 2 unspecified atom stereocenters. The summed E-state index contributed by atoms with van der Waals surface area (Å²) in [5.74, 6) is 0. The maximum absolute atomic E-state index is 6.11. The van der Waals surface area contributed by atoms with Gasteiger partial charge in [0.25, 0.3) is 0 Å². The number of hydrogen-bond acceptors (Lipinski definition) is 2. The highest BCUT2D eigenvalue weighted by atomic mass is 127. The molecule has 15 heavy (non-hydrogen) atoms. The first kappa shape index (κ1) is 12.4. The zero-order valence-corrected chi connectivity index (χ0v) is 12.7. The maximum Gasteiger partial charge on any atom is 0.100 e. The lowest BCUT2D eigenvalue weighted by Gasteiger charge is -2.21. The molecule has 0 spiro atoms. The van der Waals surface area contributed by atoms with E-state index in [4.69, 9.17) is 27.9 Å². The number of alkyl halides is 1. The third kappa shape index (κ3) is 2.63. The van der Waals surface area contributed by atoms with Gasteiger partial charge >= 0.3 is 0 Å². The standard InChI is InChI=1S/C10H11Cl2IOS/c1-10(5-13)3-2-7(14-10)6-4-8(11)15-9(6)12/h4,7H,2-3,5H2,1H3. The van der Waals surface area contributed by atoms with Crippen LogP contribution >= 0.6 is 57.1 Å². The smallest absolute Gasteiger partial charge is 0.100 e. The van der Waals surface area contributed by atoms with Gasteiger partial charge in [0, 0.05) is 9.99 Å². The quantitative estimate of drug-likeness (QED) is 0.515. The van der Waals surface area contributed by atoms with Crippen molar-refractivity contribution in [3.8, 4) is 0 Å². The van der Waals surface area contributed by atoms with E-state index in [0.29, 0.717) is 0 Å². The average molecular weight is 377 g/mol. The minimum atomic E-state index is 0.00294. The van der Waals surface area contributed by atoms with Crippen molar-refractivity contribution in [2.24, 2.45) is 0 Å². The lowest BCUT2D eigenvalue weighted by molar-refractivity contribution is -0.0107. The van der Waals surface area contributed by atoms with Crippen LogP contribution in [-0.4, -0.2) is 10.0 Å². The molecule has 0 saturated carbocycles. The van der Waals surface area contributed by atoms with Gasteiger partial charge in [0.1, 0.15) is 4.34 Å². The Balaban J connectivity index is 2.17. The second kappa shape index (κ2) is 4.69. The summed E-state index contributed by atoms with van der Waals surface area (Å²) < 4.78 is 8.55. The Bertz CT molecular complexity index is 368. The predicted molar refractivity (Wildman–Crippen MR) is 74.7 cm³/mol. The monoisotopic (exact) mass is 376 g/mol. The SMILES string of the molecule is CC1(CI)CCC(c2cc(Cl)sc2Cl)O1. The lowest BCUT2D eigenvalue weighted by atomic mass is 10.0. The van der Waals surface area contributed by atoms with E-state index < -0.39 is 0 Å². The van der Waals surface area contributed by atoms with Crippen LogP contribution in [-0.2, 0) is 4.74 Å². The fourth-order valence-electron chi connectivity index (χ4n) is 1.79. The van der Waals surface area contributed by atoms with Gasteiger partial charge in [0.15, 0.2) is 0 Å². The highest BCUT2D eigenvalue weighted by Crippen LogP contribution is 2.45. The molecular formula is C10H11Cl2IOS. The highest BCUT2D eigenvalue weighted by molar-refractivity contribution is 14.1. The average Bonchev–Trinajstić information content (AvgIpc) is 2.71. The number of ether oxygens (including phenoxy) is 1. The normalized spacial score (nSPS) is 31.1. The molecule has 0 aliphatic carbocycles. The fraction of sp³-hybridized carbons (Fsp3) is 0.600. The summed E-state index contributed by atoms with van der Waals surface area (Å²) >= 11 is 15.8. The van der Waals surface area contributed by atoms with Crippen molar-refractivity contribution < 1.29 is 4.74 Å². The Hall–Kier alpha value is 0.970. The molecule has 1 aromatic heterocycles. The van der Waals surface area contributed by atoms with Crippen molar-refractivity contribution in [1.29, 1.82) is 0 Å². The van der Waals surface area contributed by atoms with E-state index in [1.54, 1.807) is 0 Å². The van der Waals surface area contributed by atoms with Crippen molar-refractivity contribution in [2.45, 2.75) is 31.5 Å². The first-order chi connectivity index (χ1) is 7.04. The second-order valence-electron chi connectivity index (χ2n) is 4.01. The van der Waals surface area contributed by atoms with Crippen molar-refractivity contribution in [3.05, 3.63) is 20.3 Å². The van der Waals surface area contributed by atoms with Gasteiger partial charge in [-0.25, -0.2) is 0 Å². The minimum Gasteiger partial charge on any atom is -0.366 e. The molecule has 5 heteroatoms. The molecule has 84 valence electrons. The molecule has 1 aliphatic heterocycles. The molecular weight excluding hydrogens is 366 g/mol. The molecule has 1 aliphatic rings. The Morgan fingerprint density at radius 1 is 1.67 bits per heavy atom. The Labute approximate surface area is 117 Å². The highest BCUT2D eigenvalue weighted by Gasteiger charge is 2.37. The van der Waals surface area contributed by atoms with Crippen molar-refractivity contribution in [3.63, 3.8) is 0 Å². The molecule has 0 aromatic carbocycles. The first-order valence-electron chi connectivity index (χ1n) is 4.72. The molecule has 2 rings (SSSR count). The summed E-state index contributed by atoms with van der Waals surface area (Å²) in [5.41, 5.74) is 1.06. The molecule has 0 amide bonds. The van der Waals surface area contributed by atoms with Gasteiger partial charge in [-0.3, -0.25) is 0 Å². The van der Waals surface area contributed by atoms with Crippen LogP contribution in [0.5, 0.6) is 0 Å². The van der Waals surface area contributed by atoms with Gasteiger partial charge in [0.2, 0.25) is 0 Å². The number of hydrogen-bond donors (Lipinski definition) is 0. The molecule has 1 saturated heterocycles.